The molecule has 1 aromatic heterocycles. The number of aryl methyl sites for hydroxylation is 2. The summed E-state index contributed by atoms with van der Waals surface area (Å²) in [6, 6.07) is 8.57. The number of hydrogen-bond acceptors (Lipinski definition) is 3. The second-order valence-corrected chi connectivity index (χ2v) is 5.11. The smallest absolute Gasteiger partial charge is 0.132 e. The summed E-state index contributed by atoms with van der Waals surface area (Å²) >= 11 is 0. The molecule has 1 aromatic carbocycles. The molecule has 0 aliphatic carbocycles. The number of benzene rings is 1. The van der Waals surface area contributed by atoms with Gasteiger partial charge in [0.15, 0.2) is 0 Å². The molecule has 2 aromatic rings. The molecule has 0 bridgehead atoms. The van der Waals surface area contributed by atoms with E-state index in [4.69, 9.17) is 0 Å². The van der Waals surface area contributed by atoms with Gasteiger partial charge in [0.2, 0.25) is 0 Å². The highest BCUT2D eigenvalue weighted by Crippen LogP contribution is 2.28. The fraction of sp³-hybridized carbons (Fsp3) is 0.400. The van der Waals surface area contributed by atoms with Crippen LogP contribution >= 0.6 is 0 Å². The van der Waals surface area contributed by atoms with Crippen LogP contribution < -0.4 is 4.90 Å². The monoisotopic (exact) mass is 257 g/mol. The molecule has 100 valence electrons. The van der Waals surface area contributed by atoms with Crippen molar-refractivity contribution < 1.29 is 5.11 Å². The molecule has 2 heterocycles. The van der Waals surface area contributed by atoms with Crippen molar-refractivity contribution >= 4 is 5.82 Å². The number of aliphatic hydroxyl groups excluding tert-OH is 1. The number of nitrogens with zero attached hydrogens (tertiary/aromatic N) is 3. The first kappa shape index (κ1) is 12.2. The Balaban J connectivity index is 1.97. The first-order chi connectivity index (χ1) is 9.20. The van der Waals surface area contributed by atoms with Crippen LogP contribution in [0.5, 0.6) is 0 Å². The fourth-order valence-corrected chi connectivity index (χ4v) is 2.95. The van der Waals surface area contributed by atoms with Crippen LogP contribution in [0.2, 0.25) is 0 Å². The van der Waals surface area contributed by atoms with Gasteiger partial charge in [0.25, 0.3) is 0 Å². The second kappa shape index (κ2) is 4.70. The van der Waals surface area contributed by atoms with Crippen molar-refractivity contribution in [3.05, 3.63) is 46.6 Å². The van der Waals surface area contributed by atoms with E-state index in [1.54, 1.807) is 0 Å². The maximum Gasteiger partial charge on any atom is 0.132 e. The summed E-state index contributed by atoms with van der Waals surface area (Å²) in [4.78, 5) is 2.31. The number of aromatic nitrogens is 2. The third kappa shape index (κ3) is 2.02. The highest BCUT2D eigenvalue weighted by Gasteiger charge is 2.22. The van der Waals surface area contributed by atoms with Crippen LogP contribution in [-0.4, -0.2) is 21.4 Å². The summed E-state index contributed by atoms with van der Waals surface area (Å²) in [7, 11) is 1.95. The molecular weight excluding hydrogens is 238 g/mol. The van der Waals surface area contributed by atoms with E-state index < -0.39 is 0 Å². The first-order valence-corrected chi connectivity index (χ1v) is 6.65. The highest BCUT2D eigenvalue weighted by molar-refractivity contribution is 5.52. The molecule has 0 fully saturated rings. The van der Waals surface area contributed by atoms with Gasteiger partial charge in [-0.15, -0.1) is 0 Å². The number of aliphatic hydroxyl groups is 1. The van der Waals surface area contributed by atoms with Crippen molar-refractivity contribution in [3.8, 4) is 0 Å². The first-order valence-electron chi connectivity index (χ1n) is 6.65. The molecule has 4 nitrogen and oxygen atoms in total. The van der Waals surface area contributed by atoms with Crippen molar-refractivity contribution in [2.45, 2.75) is 26.5 Å². The van der Waals surface area contributed by atoms with E-state index in [1.807, 2.05) is 18.7 Å². The molecule has 4 heteroatoms. The Morgan fingerprint density at radius 3 is 2.74 bits per heavy atom. The Kier molecular flexibility index (Phi) is 3.03. The quantitative estimate of drug-likeness (QED) is 0.891. The van der Waals surface area contributed by atoms with E-state index in [2.05, 4.69) is 34.3 Å². The average Bonchev–Trinajstić information content (AvgIpc) is 2.72. The number of anilines is 1. The molecule has 3 rings (SSSR count). The van der Waals surface area contributed by atoms with E-state index in [1.165, 1.54) is 11.1 Å². The van der Waals surface area contributed by atoms with Crippen LogP contribution in [0.25, 0.3) is 0 Å². The Bertz CT molecular complexity index is 603. The molecule has 19 heavy (non-hydrogen) atoms. The lowest BCUT2D eigenvalue weighted by Crippen LogP contribution is -2.32. The Labute approximate surface area is 113 Å². The number of fused-ring (bicyclic) bond motifs is 1. The maximum absolute atomic E-state index is 9.56. The minimum atomic E-state index is 0.0488. The van der Waals surface area contributed by atoms with Crippen LogP contribution in [0, 0.1) is 6.92 Å². The zero-order chi connectivity index (χ0) is 13.4. The highest BCUT2D eigenvalue weighted by atomic mass is 16.3. The lowest BCUT2D eigenvalue weighted by atomic mass is 9.99. The van der Waals surface area contributed by atoms with Gasteiger partial charge in [0, 0.05) is 25.7 Å². The van der Waals surface area contributed by atoms with Crippen molar-refractivity contribution in [3.63, 3.8) is 0 Å². The molecule has 0 spiro atoms. The minimum Gasteiger partial charge on any atom is -0.391 e. The summed E-state index contributed by atoms with van der Waals surface area (Å²) in [6.07, 6.45) is 1.05. The van der Waals surface area contributed by atoms with Crippen LogP contribution in [0.4, 0.5) is 5.82 Å². The van der Waals surface area contributed by atoms with Gasteiger partial charge in [-0.05, 0) is 24.5 Å². The third-order valence-electron chi connectivity index (χ3n) is 3.90. The molecule has 0 radical (unpaired) electrons. The summed E-state index contributed by atoms with van der Waals surface area (Å²) in [5, 5.41) is 14.0. The third-order valence-corrected chi connectivity index (χ3v) is 3.90. The van der Waals surface area contributed by atoms with Gasteiger partial charge >= 0.3 is 0 Å². The van der Waals surface area contributed by atoms with Gasteiger partial charge in [-0.25, -0.2) is 0 Å². The van der Waals surface area contributed by atoms with Crippen LogP contribution in [-0.2, 0) is 26.6 Å². The van der Waals surface area contributed by atoms with Gasteiger partial charge in [0.1, 0.15) is 5.82 Å². The second-order valence-electron chi connectivity index (χ2n) is 5.11. The van der Waals surface area contributed by atoms with E-state index in [9.17, 15) is 5.11 Å². The predicted molar refractivity (Wildman–Crippen MR) is 75.1 cm³/mol. The lowest BCUT2D eigenvalue weighted by Gasteiger charge is -2.31. The van der Waals surface area contributed by atoms with Gasteiger partial charge in [-0.2, -0.15) is 5.10 Å². The summed E-state index contributed by atoms with van der Waals surface area (Å²) < 4.78 is 1.88. The van der Waals surface area contributed by atoms with Gasteiger partial charge in [-0.3, -0.25) is 4.68 Å². The maximum atomic E-state index is 9.56. The molecule has 0 saturated carbocycles. The normalized spacial score (nSPS) is 14.6. The zero-order valence-corrected chi connectivity index (χ0v) is 11.4. The molecule has 0 saturated heterocycles. The van der Waals surface area contributed by atoms with E-state index in [0.717, 1.165) is 36.6 Å². The van der Waals surface area contributed by atoms with E-state index in [0.29, 0.717) is 0 Å². The molecule has 0 atom stereocenters. The summed E-state index contributed by atoms with van der Waals surface area (Å²) in [6.45, 7) is 3.87. The van der Waals surface area contributed by atoms with Crippen molar-refractivity contribution in [1.29, 1.82) is 0 Å². The van der Waals surface area contributed by atoms with E-state index in [-0.39, 0.29) is 6.61 Å². The number of rotatable bonds is 2. The Morgan fingerprint density at radius 2 is 2.00 bits per heavy atom. The molecule has 0 unspecified atom stereocenters. The lowest BCUT2D eigenvalue weighted by molar-refractivity contribution is 0.281. The molecule has 1 aliphatic rings. The molecule has 1 N–H and O–H groups in total. The molecule has 1 aliphatic heterocycles. The van der Waals surface area contributed by atoms with Crippen molar-refractivity contribution in [2.24, 2.45) is 7.05 Å². The average molecular weight is 257 g/mol. The van der Waals surface area contributed by atoms with E-state index >= 15 is 0 Å². The van der Waals surface area contributed by atoms with Gasteiger partial charge in [-0.1, -0.05) is 24.3 Å². The largest absolute Gasteiger partial charge is 0.391 e. The standard InChI is InChI=1S/C15H19N3O/c1-11-14(10-19)15(17(2)16-11)18-8-7-12-5-3-4-6-13(12)9-18/h3-6,19H,7-10H2,1-2H3. The van der Waals surface area contributed by atoms with Gasteiger partial charge in [0.05, 0.1) is 12.3 Å². The summed E-state index contributed by atoms with van der Waals surface area (Å²) in [5.41, 5.74) is 4.67. The van der Waals surface area contributed by atoms with Crippen molar-refractivity contribution in [1.82, 2.24) is 9.78 Å². The van der Waals surface area contributed by atoms with Crippen LogP contribution in [0.1, 0.15) is 22.4 Å². The van der Waals surface area contributed by atoms with Gasteiger partial charge < -0.3 is 10.0 Å². The molecular formula is C15H19N3O. The minimum absolute atomic E-state index is 0.0488. The van der Waals surface area contributed by atoms with Crippen LogP contribution in [0.15, 0.2) is 24.3 Å². The Hall–Kier alpha value is -1.81. The molecule has 0 amide bonds. The zero-order valence-electron chi connectivity index (χ0n) is 11.4. The fourth-order valence-electron chi connectivity index (χ4n) is 2.95. The summed E-state index contributed by atoms with van der Waals surface area (Å²) in [5.74, 6) is 1.05. The topological polar surface area (TPSA) is 41.3 Å². The predicted octanol–water partition coefficient (Wildman–Crippen LogP) is 1.78. The van der Waals surface area contributed by atoms with Crippen molar-refractivity contribution in [2.75, 3.05) is 11.4 Å². The Morgan fingerprint density at radius 1 is 1.26 bits per heavy atom. The SMILES string of the molecule is Cc1nn(C)c(N2CCc3ccccc3C2)c1CO. The van der Waals surface area contributed by atoms with Crippen LogP contribution in [0.3, 0.4) is 0 Å². The number of hydrogen-bond donors (Lipinski definition) is 1.